The lowest BCUT2D eigenvalue weighted by molar-refractivity contribution is -0.384. The zero-order valence-electron chi connectivity index (χ0n) is 23.6. The highest BCUT2D eigenvalue weighted by Gasteiger charge is 2.39. The van der Waals surface area contributed by atoms with E-state index in [0.717, 1.165) is 15.2 Å². The highest BCUT2D eigenvalue weighted by molar-refractivity contribution is 6.35. The third-order valence-corrected chi connectivity index (χ3v) is 7.63. The van der Waals surface area contributed by atoms with Crippen LogP contribution < -0.4 is 25.6 Å². The molecule has 0 bridgehead atoms. The number of halogens is 1. The highest BCUT2D eigenvalue weighted by atomic mass is 35.5. The van der Waals surface area contributed by atoms with Gasteiger partial charge in [0.1, 0.15) is 5.75 Å². The molecule has 15 nitrogen and oxygen atoms in total. The summed E-state index contributed by atoms with van der Waals surface area (Å²) in [6.45, 7) is 1.36. The zero-order valence-corrected chi connectivity index (χ0v) is 24.3. The van der Waals surface area contributed by atoms with E-state index in [2.05, 4.69) is 0 Å². The van der Waals surface area contributed by atoms with Crippen LogP contribution in [0.1, 0.15) is 22.3 Å². The Bertz CT molecular complexity index is 1800. The molecule has 44 heavy (non-hydrogen) atoms. The van der Waals surface area contributed by atoms with E-state index in [0.29, 0.717) is 19.5 Å². The average Bonchev–Trinajstić information content (AvgIpc) is 3.00. The van der Waals surface area contributed by atoms with E-state index in [9.17, 15) is 34.1 Å². The number of carbonyl (C=O) groups is 3. The molecule has 1 saturated heterocycles. The van der Waals surface area contributed by atoms with Crippen LogP contribution >= 0.6 is 11.6 Å². The Balaban J connectivity index is 1.29. The first-order valence-corrected chi connectivity index (χ1v) is 13.8. The first-order valence-electron chi connectivity index (χ1n) is 13.4. The van der Waals surface area contributed by atoms with Crippen LogP contribution in [0.15, 0.2) is 52.1 Å². The number of hydrogen-bond acceptors (Lipinski definition) is 12. The molecule has 0 radical (unpaired) electrons. The van der Waals surface area contributed by atoms with Crippen LogP contribution in [0.2, 0.25) is 5.02 Å². The molecule has 1 atom stereocenters. The number of esters is 2. The Morgan fingerprint density at radius 3 is 2.52 bits per heavy atom. The van der Waals surface area contributed by atoms with Crippen molar-refractivity contribution >= 4 is 40.8 Å². The minimum absolute atomic E-state index is 0.00958. The number of anilines is 1. The Morgan fingerprint density at radius 2 is 1.80 bits per heavy atom. The molecule has 2 aromatic carbocycles. The molecule has 230 valence electrons. The fourth-order valence-electron chi connectivity index (χ4n) is 5.07. The monoisotopic (exact) mass is 627 g/mol. The van der Waals surface area contributed by atoms with Crippen LogP contribution in [-0.2, 0) is 28.4 Å². The number of nitro groups is 1. The van der Waals surface area contributed by atoms with E-state index in [4.69, 9.17) is 25.8 Å². The number of ether oxygens (including phenoxy) is 3. The maximum Gasteiger partial charge on any atom is 0.423 e. The average molecular weight is 628 g/mol. The van der Waals surface area contributed by atoms with E-state index in [-0.39, 0.29) is 53.1 Å². The summed E-state index contributed by atoms with van der Waals surface area (Å²) < 4.78 is 18.2. The molecule has 0 amide bonds. The van der Waals surface area contributed by atoms with Gasteiger partial charge in [0.05, 0.1) is 28.7 Å². The number of carbonyl (C=O) groups excluding carboxylic acids is 3. The van der Waals surface area contributed by atoms with Crippen molar-refractivity contribution in [2.45, 2.75) is 12.6 Å². The van der Waals surface area contributed by atoms with Gasteiger partial charge in [0, 0.05) is 51.4 Å². The third kappa shape index (κ3) is 5.78. The maximum atomic E-state index is 13.2. The van der Waals surface area contributed by atoms with Gasteiger partial charge in [-0.1, -0.05) is 23.7 Å². The van der Waals surface area contributed by atoms with Gasteiger partial charge in [-0.3, -0.25) is 33.7 Å². The molecular formula is C28H26ClN5O10. The van der Waals surface area contributed by atoms with E-state index >= 15 is 0 Å². The largest absolute Gasteiger partial charge is 0.493 e. The summed E-state index contributed by atoms with van der Waals surface area (Å²) in [7, 11) is 2.65. The maximum absolute atomic E-state index is 13.2. The second kappa shape index (κ2) is 12.3. The molecule has 3 heterocycles. The predicted molar refractivity (Wildman–Crippen MR) is 154 cm³/mol. The number of benzene rings is 2. The number of aromatic nitrogens is 2. The molecule has 2 aliphatic rings. The van der Waals surface area contributed by atoms with Gasteiger partial charge in [0.2, 0.25) is 5.75 Å². The van der Waals surface area contributed by atoms with Crippen LogP contribution in [0, 0.1) is 10.1 Å². The minimum atomic E-state index is -1.38. The summed E-state index contributed by atoms with van der Waals surface area (Å²) in [6.07, 6.45) is -0.564. The van der Waals surface area contributed by atoms with Crippen molar-refractivity contribution in [1.82, 2.24) is 14.0 Å². The third-order valence-electron chi connectivity index (χ3n) is 7.30. The van der Waals surface area contributed by atoms with Gasteiger partial charge < -0.3 is 19.1 Å². The Kier molecular flexibility index (Phi) is 8.51. The van der Waals surface area contributed by atoms with Crippen LogP contribution in [0.4, 0.5) is 11.5 Å². The Hall–Kier alpha value is -5.02. The molecule has 0 N–H and O–H groups in total. The fraction of sp³-hybridized carbons (Fsp3) is 0.321. The summed E-state index contributed by atoms with van der Waals surface area (Å²) in [5.74, 6) is -3.44. The van der Waals surface area contributed by atoms with Crippen molar-refractivity contribution < 1.29 is 33.5 Å². The van der Waals surface area contributed by atoms with Gasteiger partial charge in [-0.15, -0.1) is 0 Å². The first-order chi connectivity index (χ1) is 21.0. The molecule has 1 aromatic heterocycles. The van der Waals surface area contributed by atoms with Crippen molar-refractivity contribution in [1.29, 1.82) is 0 Å². The summed E-state index contributed by atoms with van der Waals surface area (Å²) >= 11 is 6.19. The van der Waals surface area contributed by atoms with Gasteiger partial charge >= 0.3 is 23.2 Å². The normalized spacial score (nSPS) is 16.6. The first kappa shape index (κ1) is 30.4. The van der Waals surface area contributed by atoms with E-state index < -0.39 is 45.9 Å². The molecule has 1 fully saturated rings. The van der Waals surface area contributed by atoms with Crippen LogP contribution in [0.3, 0.4) is 0 Å². The lowest BCUT2D eigenvalue weighted by Crippen LogP contribution is -2.58. The zero-order chi connectivity index (χ0) is 31.7. The fourth-order valence-corrected chi connectivity index (χ4v) is 5.29. The van der Waals surface area contributed by atoms with Crippen molar-refractivity contribution in [3.63, 3.8) is 0 Å². The number of piperazine rings is 1. The van der Waals surface area contributed by atoms with Crippen molar-refractivity contribution in [2.24, 2.45) is 14.1 Å². The predicted octanol–water partition coefficient (Wildman–Crippen LogP) is 1.26. The van der Waals surface area contributed by atoms with Gasteiger partial charge in [-0.25, -0.2) is 14.4 Å². The quantitative estimate of drug-likeness (QED) is 0.0875. The van der Waals surface area contributed by atoms with Crippen LogP contribution in [0.5, 0.6) is 11.5 Å². The lowest BCUT2D eigenvalue weighted by Gasteiger charge is -2.42. The Morgan fingerprint density at radius 1 is 1.05 bits per heavy atom. The standard InChI is InChI=1S/C28H26ClN5O10/c1-30-24-23(25(36)31(2)28(30)39)44-27(38)26(37)43-21-15-32(11-12-33(21)24)10-5-13-42-20-9-8-16(34(40)41)14-18(20)22(35)17-6-3-4-7-19(17)29/h3-4,6-9,14,21H,5,10-13,15H2,1-2H3. The van der Waals surface area contributed by atoms with Crippen molar-refractivity contribution in [2.75, 3.05) is 37.7 Å². The Labute approximate surface area is 253 Å². The van der Waals surface area contributed by atoms with E-state index in [1.165, 1.54) is 32.3 Å². The lowest BCUT2D eigenvalue weighted by atomic mass is 10.0. The molecule has 1 unspecified atom stereocenters. The minimum Gasteiger partial charge on any atom is -0.493 e. The number of hydrogen-bond donors (Lipinski definition) is 0. The number of nitrogens with zero attached hydrogens (tertiary/aromatic N) is 5. The number of fused-ring (bicyclic) bond motifs is 3. The number of non-ortho nitro benzene ring substituents is 1. The number of nitro benzene ring substituents is 1. The molecule has 0 spiro atoms. The number of ketones is 1. The van der Waals surface area contributed by atoms with Gasteiger partial charge in [0.15, 0.2) is 17.8 Å². The van der Waals surface area contributed by atoms with Crippen molar-refractivity contribution in [3.05, 3.63) is 89.6 Å². The molecule has 5 rings (SSSR count). The van der Waals surface area contributed by atoms with Crippen LogP contribution in [0.25, 0.3) is 0 Å². The molecule has 0 aliphatic carbocycles. The van der Waals surface area contributed by atoms with E-state index in [1.54, 1.807) is 23.1 Å². The van der Waals surface area contributed by atoms with E-state index in [1.807, 2.05) is 4.90 Å². The van der Waals surface area contributed by atoms with Gasteiger partial charge in [-0.2, -0.15) is 0 Å². The molecule has 0 saturated carbocycles. The summed E-state index contributed by atoms with van der Waals surface area (Å²) in [5.41, 5.74) is -1.62. The summed E-state index contributed by atoms with van der Waals surface area (Å²) in [6, 6.07) is 10.1. The van der Waals surface area contributed by atoms with Gasteiger partial charge in [0.25, 0.3) is 5.69 Å². The topological polar surface area (TPSA) is 173 Å². The molecular weight excluding hydrogens is 602 g/mol. The van der Waals surface area contributed by atoms with Crippen molar-refractivity contribution in [3.8, 4) is 11.5 Å². The highest BCUT2D eigenvalue weighted by Crippen LogP contribution is 2.31. The van der Waals surface area contributed by atoms with Gasteiger partial charge in [-0.05, 0) is 24.6 Å². The summed E-state index contributed by atoms with van der Waals surface area (Å²) in [5, 5.41) is 11.6. The number of rotatable bonds is 8. The second-order valence-corrected chi connectivity index (χ2v) is 10.5. The SMILES string of the molecule is Cn1c2c(c(=O)n(C)c1=O)OC(=O)C(=O)OC1CN(CCCOc3ccc([N+](=O)[O-])cc3C(=O)c3ccccc3Cl)CCN21. The smallest absolute Gasteiger partial charge is 0.423 e. The molecule has 3 aromatic rings. The molecule has 2 aliphatic heterocycles. The second-order valence-electron chi connectivity index (χ2n) is 10.1. The summed E-state index contributed by atoms with van der Waals surface area (Å²) in [4.78, 5) is 77.5. The van der Waals surface area contributed by atoms with Crippen LogP contribution in [-0.4, -0.2) is 75.7 Å². The molecule has 16 heteroatoms.